The molecule has 2 aromatic carbocycles. The highest BCUT2D eigenvalue weighted by molar-refractivity contribution is 6.32. The van der Waals surface area contributed by atoms with Crippen molar-refractivity contribution in [1.82, 2.24) is 0 Å². The van der Waals surface area contributed by atoms with Crippen LogP contribution in [-0.4, -0.2) is 25.4 Å². The van der Waals surface area contributed by atoms with Gasteiger partial charge < -0.3 is 26.1 Å². The van der Waals surface area contributed by atoms with Gasteiger partial charge in [0.05, 0.1) is 11.4 Å². The Morgan fingerprint density at radius 1 is 0.941 bits per heavy atom. The maximum Gasteiger partial charge on any atom is 0.469 e. The maximum absolute atomic E-state index is 7.53. The number of nitrogen functional groups attached to an aromatic ring is 2. The van der Waals surface area contributed by atoms with Crippen molar-refractivity contribution >= 4 is 37.5 Å². The quantitative estimate of drug-likeness (QED) is 0.431. The van der Waals surface area contributed by atoms with Gasteiger partial charge in [-0.3, -0.25) is 0 Å². The van der Waals surface area contributed by atoms with E-state index in [1.807, 2.05) is 36.4 Å². The molecule has 2 radical (unpaired) electrons. The molecular formula is C10H12B2N2O3. The van der Waals surface area contributed by atoms with Gasteiger partial charge in [-0.15, -0.1) is 0 Å². The molecule has 0 heterocycles. The Kier molecular flexibility index (Phi) is 5.35. The molecule has 0 spiro atoms. The third kappa shape index (κ3) is 3.67. The lowest BCUT2D eigenvalue weighted by Crippen LogP contribution is -2.00. The maximum atomic E-state index is 7.53. The van der Waals surface area contributed by atoms with E-state index in [2.05, 4.69) is 4.57 Å². The standard InChI is InChI=1S/C10H10N2.B2H2O3/c11-9-6-5-7-3-1-2-4-8(7)10(9)12;3-1-5-2-4/h1-6H,11-12H2;3-4H. The first-order chi connectivity index (χ1) is 8.20. The molecule has 0 saturated carbocycles. The minimum Gasteiger partial charge on any atom is -0.456 e. The number of rotatable bonds is 2. The molecule has 0 atom stereocenters. The predicted octanol–water partition coefficient (Wildman–Crippen LogP) is 0.0602. The van der Waals surface area contributed by atoms with Crippen LogP contribution in [0.4, 0.5) is 11.4 Å². The molecular weight excluding hydrogens is 218 g/mol. The second-order valence-electron chi connectivity index (χ2n) is 3.14. The highest BCUT2D eigenvalue weighted by atomic mass is 16.5. The summed E-state index contributed by atoms with van der Waals surface area (Å²) < 4.78 is 3.69. The van der Waals surface area contributed by atoms with Gasteiger partial charge in [0.25, 0.3) is 0 Å². The zero-order valence-electron chi connectivity index (χ0n) is 9.08. The van der Waals surface area contributed by atoms with Crippen molar-refractivity contribution in [2.24, 2.45) is 0 Å². The number of anilines is 2. The average Bonchev–Trinajstić information content (AvgIpc) is 2.36. The summed E-state index contributed by atoms with van der Waals surface area (Å²) >= 11 is 0. The number of fused-ring (bicyclic) bond motifs is 1. The summed E-state index contributed by atoms with van der Waals surface area (Å²) in [6, 6.07) is 11.7. The number of hydrogen-bond acceptors (Lipinski definition) is 5. The van der Waals surface area contributed by atoms with Crippen LogP contribution in [0.3, 0.4) is 0 Å². The van der Waals surface area contributed by atoms with E-state index in [1.165, 1.54) is 0 Å². The van der Waals surface area contributed by atoms with Crippen molar-refractivity contribution in [3.63, 3.8) is 0 Å². The Morgan fingerprint density at radius 3 is 2.18 bits per heavy atom. The third-order valence-corrected chi connectivity index (χ3v) is 2.13. The second kappa shape index (κ2) is 6.80. The van der Waals surface area contributed by atoms with E-state index in [0.29, 0.717) is 26.7 Å². The summed E-state index contributed by atoms with van der Waals surface area (Å²) in [6.07, 6.45) is 0. The summed E-state index contributed by atoms with van der Waals surface area (Å²) in [4.78, 5) is 0. The van der Waals surface area contributed by atoms with Gasteiger partial charge in [0.1, 0.15) is 0 Å². The van der Waals surface area contributed by atoms with Crippen LogP contribution in [0, 0.1) is 0 Å². The zero-order valence-corrected chi connectivity index (χ0v) is 9.08. The Labute approximate surface area is 101 Å². The van der Waals surface area contributed by atoms with Crippen molar-refractivity contribution in [2.75, 3.05) is 11.5 Å². The Bertz CT molecular complexity index is 480. The summed E-state index contributed by atoms with van der Waals surface area (Å²) in [5, 5.41) is 17.2. The molecule has 7 heteroatoms. The predicted molar refractivity (Wildman–Crippen MR) is 69.8 cm³/mol. The van der Waals surface area contributed by atoms with E-state index in [1.54, 1.807) is 0 Å². The fourth-order valence-electron chi connectivity index (χ4n) is 1.34. The van der Waals surface area contributed by atoms with Gasteiger partial charge in [0, 0.05) is 5.39 Å². The van der Waals surface area contributed by atoms with E-state index in [4.69, 9.17) is 21.5 Å². The monoisotopic (exact) mass is 230 g/mol. The smallest absolute Gasteiger partial charge is 0.456 e. The first kappa shape index (κ1) is 13.4. The topological polar surface area (TPSA) is 102 Å². The van der Waals surface area contributed by atoms with Gasteiger partial charge in [-0.25, -0.2) is 0 Å². The highest BCUT2D eigenvalue weighted by Crippen LogP contribution is 2.25. The Balaban J connectivity index is 0.000000249. The number of benzene rings is 2. The van der Waals surface area contributed by atoms with Gasteiger partial charge in [0.2, 0.25) is 0 Å². The van der Waals surface area contributed by atoms with E-state index >= 15 is 0 Å². The summed E-state index contributed by atoms with van der Waals surface area (Å²) in [7, 11) is 0.750. The molecule has 0 aliphatic rings. The minimum absolute atomic E-state index is 0.375. The molecule has 0 amide bonds. The van der Waals surface area contributed by atoms with Crippen LogP contribution >= 0.6 is 0 Å². The molecule has 2 rings (SSSR count). The fraction of sp³-hybridized carbons (Fsp3) is 0. The van der Waals surface area contributed by atoms with E-state index in [0.717, 1.165) is 10.8 Å². The first-order valence-corrected chi connectivity index (χ1v) is 4.80. The van der Waals surface area contributed by atoms with Crippen LogP contribution in [0.2, 0.25) is 0 Å². The summed E-state index contributed by atoms with van der Waals surface area (Å²) in [5.74, 6) is 0. The molecule has 0 fully saturated rings. The summed E-state index contributed by atoms with van der Waals surface area (Å²) in [6.45, 7) is 0. The van der Waals surface area contributed by atoms with Crippen LogP contribution < -0.4 is 11.5 Å². The van der Waals surface area contributed by atoms with Crippen molar-refractivity contribution in [2.45, 2.75) is 0 Å². The normalized spacial score (nSPS) is 9.29. The largest absolute Gasteiger partial charge is 0.469 e. The van der Waals surface area contributed by atoms with Crippen molar-refractivity contribution in [3.8, 4) is 0 Å². The van der Waals surface area contributed by atoms with Gasteiger partial charge in [-0.05, 0) is 11.5 Å². The van der Waals surface area contributed by atoms with Gasteiger partial charge in [0.15, 0.2) is 0 Å². The Morgan fingerprint density at radius 2 is 1.59 bits per heavy atom. The molecule has 0 saturated heterocycles. The molecule has 0 unspecified atom stereocenters. The molecule has 2 aromatic rings. The molecule has 5 nitrogen and oxygen atoms in total. The van der Waals surface area contributed by atoms with Crippen LogP contribution in [0.5, 0.6) is 0 Å². The number of nitrogens with two attached hydrogens (primary N) is 2. The van der Waals surface area contributed by atoms with E-state index < -0.39 is 0 Å². The van der Waals surface area contributed by atoms with E-state index in [-0.39, 0.29) is 0 Å². The van der Waals surface area contributed by atoms with Crippen LogP contribution in [-0.2, 0) is 4.57 Å². The molecule has 0 aliphatic carbocycles. The lowest BCUT2D eigenvalue weighted by molar-refractivity contribution is 0.408. The zero-order chi connectivity index (χ0) is 12.7. The van der Waals surface area contributed by atoms with Crippen LogP contribution in [0.25, 0.3) is 10.8 Å². The molecule has 0 aliphatic heterocycles. The van der Waals surface area contributed by atoms with Gasteiger partial charge in [-0.2, -0.15) is 0 Å². The minimum atomic E-state index is 0.375. The molecule has 6 N–H and O–H groups in total. The SMILES string of the molecule is Nc1ccc2ccccc2c1N.O[B]O[B]O. The van der Waals surface area contributed by atoms with Crippen molar-refractivity contribution in [3.05, 3.63) is 36.4 Å². The molecule has 86 valence electrons. The van der Waals surface area contributed by atoms with Crippen molar-refractivity contribution < 1.29 is 14.6 Å². The molecule has 17 heavy (non-hydrogen) atoms. The fourth-order valence-corrected chi connectivity index (χ4v) is 1.34. The highest BCUT2D eigenvalue weighted by Gasteiger charge is 1.98. The lowest BCUT2D eigenvalue weighted by atomic mass is 10.1. The van der Waals surface area contributed by atoms with Crippen LogP contribution in [0.1, 0.15) is 0 Å². The van der Waals surface area contributed by atoms with Crippen molar-refractivity contribution in [1.29, 1.82) is 0 Å². The van der Waals surface area contributed by atoms with E-state index in [9.17, 15) is 0 Å². The summed E-state index contributed by atoms with van der Waals surface area (Å²) in [5.41, 5.74) is 12.8. The molecule has 0 aromatic heterocycles. The average molecular weight is 230 g/mol. The Hall–Kier alpha value is -1.69. The lowest BCUT2D eigenvalue weighted by Gasteiger charge is -2.03. The number of hydrogen-bond donors (Lipinski definition) is 4. The first-order valence-electron chi connectivity index (χ1n) is 4.80. The third-order valence-electron chi connectivity index (χ3n) is 2.13. The van der Waals surface area contributed by atoms with Crippen LogP contribution in [0.15, 0.2) is 36.4 Å². The van der Waals surface area contributed by atoms with Gasteiger partial charge >= 0.3 is 15.4 Å². The van der Waals surface area contributed by atoms with Gasteiger partial charge in [-0.1, -0.05) is 30.3 Å². The second-order valence-corrected chi connectivity index (χ2v) is 3.14. The molecule has 0 bridgehead atoms.